The van der Waals surface area contributed by atoms with Gasteiger partial charge in [0.2, 0.25) is 0 Å². The summed E-state index contributed by atoms with van der Waals surface area (Å²) in [4.78, 5) is 41.1. The van der Waals surface area contributed by atoms with E-state index >= 15 is 0 Å². The molecule has 2 heterocycles. The molecule has 0 aliphatic rings. The summed E-state index contributed by atoms with van der Waals surface area (Å²) in [5.74, 6) is -1.34. The van der Waals surface area contributed by atoms with Crippen LogP contribution in [-0.2, 0) is 14.3 Å². The van der Waals surface area contributed by atoms with Crippen LogP contribution in [-0.4, -0.2) is 42.9 Å². The minimum absolute atomic E-state index is 0.0350. The maximum Gasteiger partial charge on any atom is 0.337 e. The maximum atomic E-state index is 12.8. The van der Waals surface area contributed by atoms with Crippen molar-refractivity contribution in [3.63, 3.8) is 0 Å². The molecule has 3 rings (SSSR count). The standard InChI is InChI=1S/C18H19N5O4/c1-5-27-18(26)15(12(4)24)22-9-19-16-14(17(22)25)20-21-23(16)13-7-10(2)6-11(3)8-13/h6-9,15H,5H2,1-4H3. The highest BCUT2D eigenvalue weighted by atomic mass is 16.5. The Morgan fingerprint density at radius 1 is 1.19 bits per heavy atom. The molecule has 0 amide bonds. The second kappa shape index (κ2) is 7.10. The number of fused-ring (bicyclic) bond motifs is 1. The van der Waals surface area contributed by atoms with Crippen LogP contribution in [0.25, 0.3) is 16.9 Å². The highest BCUT2D eigenvalue weighted by Crippen LogP contribution is 2.17. The van der Waals surface area contributed by atoms with Crippen LogP contribution in [0.5, 0.6) is 0 Å². The van der Waals surface area contributed by atoms with E-state index in [1.54, 1.807) is 6.92 Å². The van der Waals surface area contributed by atoms with Crippen molar-refractivity contribution < 1.29 is 14.3 Å². The van der Waals surface area contributed by atoms with Gasteiger partial charge in [0.15, 0.2) is 23.0 Å². The number of hydrogen-bond donors (Lipinski definition) is 0. The van der Waals surface area contributed by atoms with Gasteiger partial charge in [0.25, 0.3) is 5.56 Å². The number of nitrogens with zero attached hydrogens (tertiary/aromatic N) is 5. The minimum Gasteiger partial charge on any atom is -0.464 e. The Morgan fingerprint density at radius 2 is 1.85 bits per heavy atom. The van der Waals surface area contributed by atoms with Crippen molar-refractivity contribution in [2.24, 2.45) is 0 Å². The zero-order chi connectivity index (χ0) is 19.7. The largest absolute Gasteiger partial charge is 0.464 e. The van der Waals surface area contributed by atoms with Crippen molar-refractivity contribution in [3.05, 3.63) is 46.0 Å². The highest BCUT2D eigenvalue weighted by molar-refractivity contribution is 6.00. The molecule has 0 fully saturated rings. The molecule has 9 heteroatoms. The van der Waals surface area contributed by atoms with E-state index < -0.39 is 23.4 Å². The third-order valence-electron chi connectivity index (χ3n) is 4.01. The Morgan fingerprint density at radius 3 is 2.44 bits per heavy atom. The quantitative estimate of drug-likeness (QED) is 0.492. The van der Waals surface area contributed by atoms with E-state index in [9.17, 15) is 14.4 Å². The molecular weight excluding hydrogens is 350 g/mol. The molecule has 2 aromatic heterocycles. The Labute approximate surface area is 154 Å². The van der Waals surface area contributed by atoms with E-state index in [2.05, 4.69) is 15.3 Å². The number of rotatable bonds is 5. The van der Waals surface area contributed by atoms with E-state index in [1.807, 2.05) is 32.0 Å². The summed E-state index contributed by atoms with van der Waals surface area (Å²) in [6, 6.07) is 4.40. The molecule has 1 aromatic carbocycles. The Hall–Kier alpha value is -3.36. The lowest BCUT2D eigenvalue weighted by atomic mass is 10.1. The SMILES string of the molecule is CCOC(=O)C(C(C)=O)n1cnc2c(nnn2-c2cc(C)cc(C)c2)c1=O. The van der Waals surface area contributed by atoms with Crippen molar-refractivity contribution in [1.82, 2.24) is 24.5 Å². The predicted molar refractivity (Wildman–Crippen MR) is 96.7 cm³/mol. The lowest BCUT2D eigenvalue weighted by Crippen LogP contribution is -2.35. The van der Waals surface area contributed by atoms with Gasteiger partial charge in [-0.25, -0.2) is 9.78 Å². The predicted octanol–water partition coefficient (Wildman–Crippen LogP) is 1.29. The topological polar surface area (TPSA) is 109 Å². The first kappa shape index (κ1) is 18.4. The summed E-state index contributed by atoms with van der Waals surface area (Å²) in [7, 11) is 0. The van der Waals surface area contributed by atoms with Crippen LogP contribution < -0.4 is 5.56 Å². The number of aromatic nitrogens is 5. The number of ketones is 1. The first-order valence-corrected chi connectivity index (χ1v) is 8.41. The van der Waals surface area contributed by atoms with Gasteiger partial charge < -0.3 is 4.74 Å². The number of benzene rings is 1. The van der Waals surface area contributed by atoms with Crippen LogP contribution in [0, 0.1) is 13.8 Å². The molecule has 27 heavy (non-hydrogen) atoms. The van der Waals surface area contributed by atoms with Crippen molar-refractivity contribution in [3.8, 4) is 5.69 Å². The summed E-state index contributed by atoms with van der Waals surface area (Å²) >= 11 is 0. The molecule has 1 atom stereocenters. The van der Waals surface area contributed by atoms with Crippen LogP contribution >= 0.6 is 0 Å². The zero-order valence-corrected chi connectivity index (χ0v) is 15.5. The van der Waals surface area contributed by atoms with Gasteiger partial charge in [-0.2, -0.15) is 4.68 Å². The minimum atomic E-state index is -1.40. The van der Waals surface area contributed by atoms with Gasteiger partial charge >= 0.3 is 5.97 Å². The average molecular weight is 369 g/mol. The van der Waals surface area contributed by atoms with Crippen molar-refractivity contribution in [1.29, 1.82) is 0 Å². The van der Waals surface area contributed by atoms with Crippen LogP contribution in [0.3, 0.4) is 0 Å². The van der Waals surface area contributed by atoms with Crippen molar-refractivity contribution in [2.45, 2.75) is 33.7 Å². The fourth-order valence-corrected chi connectivity index (χ4v) is 2.95. The average Bonchev–Trinajstić information content (AvgIpc) is 3.01. The Kier molecular flexibility index (Phi) is 4.85. The molecule has 0 aliphatic carbocycles. The van der Waals surface area contributed by atoms with E-state index in [0.717, 1.165) is 22.0 Å². The van der Waals surface area contributed by atoms with Gasteiger partial charge in [0.05, 0.1) is 12.3 Å². The summed E-state index contributed by atoms with van der Waals surface area (Å²) in [5, 5.41) is 7.94. The molecule has 0 aliphatic heterocycles. The number of ether oxygens (including phenoxy) is 1. The van der Waals surface area contributed by atoms with Crippen molar-refractivity contribution >= 4 is 22.9 Å². The zero-order valence-electron chi connectivity index (χ0n) is 15.5. The summed E-state index contributed by atoms with van der Waals surface area (Å²) in [6.07, 6.45) is 1.15. The number of carbonyl (C=O) groups excluding carboxylic acids is 2. The summed E-state index contributed by atoms with van der Waals surface area (Å²) in [6.45, 7) is 6.83. The first-order chi connectivity index (χ1) is 12.8. The lowest BCUT2D eigenvalue weighted by Gasteiger charge is -2.14. The normalized spacial score (nSPS) is 12.1. The third kappa shape index (κ3) is 3.35. The molecule has 1 unspecified atom stereocenters. The van der Waals surface area contributed by atoms with Gasteiger partial charge in [-0.15, -0.1) is 5.10 Å². The molecule has 0 N–H and O–H groups in total. The van der Waals surface area contributed by atoms with E-state index in [4.69, 9.17) is 4.74 Å². The number of carbonyl (C=O) groups is 2. The lowest BCUT2D eigenvalue weighted by molar-refractivity contribution is -0.150. The number of Topliss-reactive ketones (excluding diaryl/α,β-unsaturated/α-hetero) is 1. The summed E-state index contributed by atoms with van der Waals surface area (Å²) in [5.41, 5.74) is 2.35. The van der Waals surface area contributed by atoms with E-state index in [-0.39, 0.29) is 17.8 Å². The molecule has 0 saturated heterocycles. The van der Waals surface area contributed by atoms with Gasteiger partial charge in [0.1, 0.15) is 6.33 Å². The second-order valence-corrected chi connectivity index (χ2v) is 6.24. The van der Waals surface area contributed by atoms with Crippen molar-refractivity contribution in [2.75, 3.05) is 6.61 Å². The monoisotopic (exact) mass is 369 g/mol. The Bertz CT molecular complexity index is 1080. The van der Waals surface area contributed by atoms with Crippen LogP contribution in [0.2, 0.25) is 0 Å². The Balaban J connectivity index is 2.16. The second-order valence-electron chi connectivity index (χ2n) is 6.24. The van der Waals surface area contributed by atoms with Gasteiger partial charge in [-0.3, -0.25) is 14.2 Å². The maximum absolute atomic E-state index is 12.8. The van der Waals surface area contributed by atoms with Crippen LogP contribution in [0.15, 0.2) is 29.3 Å². The molecule has 3 aromatic rings. The molecule has 0 radical (unpaired) electrons. The smallest absolute Gasteiger partial charge is 0.337 e. The number of esters is 1. The third-order valence-corrected chi connectivity index (χ3v) is 4.01. The molecule has 9 nitrogen and oxygen atoms in total. The van der Waals surface area contributed by atoms with E-state index in [1.165, 1.54) is 11.6 Å². The fraction of sp³-hybridized carbons (Fsp3) is 0.333. The van der Waals surface area contributed by atoms with Gasteiger partial charge in [-0.05, 0) is 51.0 Å². The highest BCUT2D eigenvalue weighted by Gasteiger charge is 2.29. The molecule has 0 spiro atoms. The summed E-state index contributed by atoms with van der Waals surface area (Å²) < 4.78 is 7.29. The number of aryl methyl sites for hydroxylation is 2. The van der Waals surface area contributed by atoms with Crippen LogP contribution in [0.4, 0.5) is 0 Å². The van der Waals surface area contributed by atoms with E-state index in [0.29, 0.717) is 5.69 Å². The van der Waals surface area contributed by atoms with Gasteiger partial charge in [0, 0.05) is 0 Å². The fourth-order valence-electron chi connectivity index (χ4n) is 2.95. The molecule has 0 bridgehead atoms. The number of hydrogen-bond acceptors (Lipinski definition) is 7. The molecule has 140 valence electrons. The molecular formula is C18H19N5O4. The van der Waals surface area contributed by atoms with Crippen LogP contribution in [0.1, 0.15) is 31.0 Å². The first-order valence-electron chi connectivity index (χ1n) is 8.41. The van der Waals surface area contributed by atoms with Gasteiger partial charge in [-0.1, -0.05) is 11.3 Å². The molecule has 0 saturated carbocycles.